The number of carbonyl (C=O) groups is 2. The van der Waals surface area contributed by atoms with E-state index in [9.17, 15) is 14.7 Å². The Morgan fingerprint density at radius 3 is 2.30 bits per heavy atom. The predicted molar refractivity (Wildman–Crippen MR) is 111 cm³/mol. The van der Waals surface area contributed by atoms with E-state index in [4.69, 9.17) is 33.2 Å². The van der Waals surface area contributed by atoms with Crippen molar-refractivity contribution < 1.29 is 47.9 Å². The number of aliphatic hydroxyl groups excluding tert-OH is 1. The summed E-state index contributed by atoms with van der Waals surface area (Å²) in [5.74, 6) is -3.78. The highest BCUT2D eigenvalue weighted by Crippen LogP contribution is 2.57. The highest BCUT2D eigenvalue weighted by atomic mass is 16.8. The molecular formula is C22H35NO10. The number of alkyl carbamates (subject to hydrolysis) is 1. The second kappa shape index (κ2) is 7.50. The molecule has 4 rings (SSSR count). The smallest absolute Gasteiger partial charge is 0.408 e. The van der Waals surface area contributed by atoms with Crippen LogP contribution in [0.5, 0.6) is 0 Å². The van der Waals surface area contributed by atoms with Crippen molar-refractivity contribution in [2.24, 2.45) is 5.92 Å². The van der Waals surface area contributed by atoms with Crippen molar-refractivity contribution in [2.45, 2.75) is 101 Å². The molecule has 1 spiro atoms. The lowest BCUT2D eigenvalue weighted by Crippen LogP contribution is -2.85. The Morgan fingerprint density at radius 1 is 1.12 bits per heavy atom. The van der Waals surface area contributed by atoms with Crippen molar-refractivity contribution >= 4 is 12.1 Å². The molecule has 6 unspecified atom stereocenters. The molecule has 0 aromatic carbocycles. The van der Waals surface area contributed by atoms with Gasteiger partial charge in [-0.1, -0.05) is 0 Å². The van der Waals surface area contributed by atoms with Gasteiger partial charge < -0.3 is 43.6 Å². The van der Waals surface area contributed by atoms with Gasteiger partial charge in [-0.25, -0.2) is 9.59 Å². The van der Waals surface area contributed by atoms with E-state index in [1.807, 2.05) is 0 Å². The van der Waals surface area contributed by atoms with Gasteiger partial charge >= 0.3 is 12.1 Å². The molecule has 3 aliphatic heterocycles. The molecule has 4 aliphatic rings. The summed E-state index contributed by atoms with van der Waals surface area (Å²) in [6.07, 6.45) is -5.40. The van der Waals surface area contributed by atoms with Crippen LogP contribution in [0.1, 0.15) is 48.5 Å². The third-order valence-electron chi connectivity index (χ3n) is 6.57. The van der Waals surface area contributed by atoms with Crippen molar-refractivity contribution in [1.82, 2.24) is 5.32 Å². The van der Waals surface area contributed by atoms with Gasteiger partial charge in [0, 0.05) is 7.11 Å². The maximum Gasteiger partial charge on any atom is 0.408 e. The minimum absolute atomic E-state index is 0.0172. The van der Waals surface area contributed by atoms with Gasteiger partial charge in [-0.05, 0) is 48.5 Å². The van der Waals surface area contributed by atoms with E-state index in [1.54, 1.807) is 48.5 Å². The molecule has 0 aromatic heterocycles. The fraction of sp³-hybridized carbons (Fsp3) is 0.909. The number of ether oxygens (including phenoxy) is 7. The van der Waals surface area contributed by atoms with Gasteiger partial charge in [-0.15, -0.1) is 0 Å². The first kappa shape index (κ1) is 24.6. The van der Waals surface area contributed by atoms with Gasteiger partial charge in [0.1, 0.15) is 29.5 Å². The van der Waals surface area contributed by atoms with Crippen LogP contribution in [-0.4, -0.2) is 90.2 Å². The Kier molecular flexibility index (Phi) is 5.59. The van der Waals surface area contributed by atoms with Gasteiger partial charge in [-0.2, -0.15) is 0 Å². The van der Waals surface area contributed by atoms with E-state index in [-0.39, 0.29) is 13.2 Å². The van der Waals surface area contributed by atoms with Gasteiger partial charge in [0.15, 0.2) is 23.3 Å². The van der Waals surface area contributed by atoms with Gasteiger partial charge in [0.2, 0.25) is 0 Å². The SMILES string of the molecule is COCC1C2OC(=O)[C@@H](O)C1(NC(=O)OC(C)(C)C)C1OC(C)(C)OC1C21COC(C)(C)O1. The molecule has 0 aromatic rings. The zero-order valence-electron chi connectivity index (χ0n) is 20.4. The van der Waals surface area contributed by atoms with Crippen LogP contribution < -0.4 is 5.32 Å². The maximum absolute atomic E-state index is 13.0. The zero-order valence-corrected chi connectivity index (χ0v) is 20.4. The summed E-state index contributed by atoms with van der Waals surface area (Å²) in [6.45, 7) is 12.2. The summed E-state index contributed by atoms with van der Waals surface area (Å²) in [5, 5.41) is 14.0. The number of hydrogen-bond donors (Lipinski definition) is 2. The molecule has 2 N–H and O–H groups in total. The first-order valence-electron chi connectivity index (χ1n) is 11.2. The summed E-state index contributed by atoms with van der Waals surface area (Å²) in [5.41, 5.74) is -3.73. The fourth-order valence-corrected chi connectivity index (χ4v) is 5.56. The molecule has 1 amide bonds. The number of hydrogen-bond acceptors (Lipinski definition) is 10. The molecular weight excluding hydrogens is 438 g/mol. The average molecular weight is 474 g/mol. The van der Waals surface area contributed by atoms with Crippen molar-refractivity contribution in [2.75, 3.05) is 20.3 Å². The number of methoxy groups -OCH3 is 1. The number of rotatable bonds is 3. The minimum Gasteiger partial charge on any atom is -0.457 e. The fourth-order valence-electron chi connectivity index (χ4n) is 5.56. The van der Waals surface area contributed by atoms with Crippen LogP contribution in [0.4, 0.5) is 4.79 Å². The minimum atomic E-state index is -1.76. The molecule has 11 heteroatoms. The summed E-state index contributed by atoms with van der Waals surface area (Å²) in [4.78, 5) is 26.0. The van der Waals surface area contributed by atoms with Crippen LogP contribution in [0, 0.1) is 5.92 Å². The highest BCUT2D eigenvalue weighted by Gasteiger charge is 2.79. The lowest BCUT2D eigenvalue weighted by atomic mass is 9.58. The molecule has 1 saturated carbocycles. The van der Waals surface area contributed by atoms with E-state index >= 15 is 0 Å². The molecule has 1 aliphatic carbocycles. The van der Waals surface area contributed by atoms with Crippen molar-refractivity contribution in [3.8, 4) is 0 Å². The average Bonchev–Trinajstić information content (AvgIpc) is 3.16. The van der Waals surface area contributed by atoms with Crippen LogP contribution in [0.2, 0.25) is 0 Å². The largest absolute Gasteiger partial charge is 0.457 e. The zero-order chi connectivity index (χ0) is 24.6. The van der Waals surface area contributed by atoms with Crippen LogP contribution in [0.15, 0.2) is 0 Å². The molecule has 2 bridgehead atoms. The maximum atomic E-state index is 13.0. The first-order chi connectivity index (χ1) is 15.1. The molecule has 11 nitrogen and oxygen atoms in total. The quantitative estimate of drug-likeness (QED) is 0.569. The lowest BCUT2D eigenvalue weighted by molar-refractivity contribution is -0.291. The predicted octanol–water partition coefficient (Wildman–Crippen LogP) is 0.854. The Bertz CT molecular complexity index is 822. The van der Waals surface area contributed by atoms with Crippen molar-refractivity contribution in [1.29, 1.82) is 0 Å². The van der Waals surface area contributed by atoms with Gasteiger partial charge in [-0.3, -0.25) is 0 Å². The summed E-state index contributed by atoms with van der Waals surface area (Å²) in [7, 11) is 1.48. The monoisotopic (exact) mass is 473 g/mol. The molecule has 7 atom stereocenters. The molecule has 3 saturated heterocycles. The Balaban J connectivity index is 1.88. The van der Waals surface area contributed by atoms with E-state index in [2.05, 4.69) is 5.32 Å². The molecule has 3 heterocycles. The van der Waals surface area contributed by atoms with Crippen LogP contribution >= 0.6 is 0 Å². The lowest BCUT2D eigenvalue weighted by Gasteiger charge is -2.60. The van der Waals surface area contributed by atoms with Gasteiger partial charge in [0.25, 0.3) is 0 Å². The van der Waals surface area contributed by atoms with Gasteiger partial charge in [0.05, 0.1) is 19.1 Å². The third-order valence-corrected chi connectivity index (χ3v) is 6.57. The number of nitrogens with one attached hydrogen (secondary N) is 1. The van der Waals surface area contributed by atoms with Crippen molar-refractivity contribution in [3.05, 3.63) is 0 Å². The van der Waals surface area contributed by atoms with Crippen LogP contribution in [0.25, 0.3) is 0 Å². The van der Waals surface area contributed by atoms with Crippen LogP contribution in [0.3, 0.4) is 0 Å². The molecule has 188 valence electrons. The molecule has 33 heavy (non-hydrogen) atoms. The number of fused-ring (bicyclic) bond motifs is 6. The number of amides is 1. The van der Waals surface area contributed by atoms with E-state index in [1.165, 1.54) is 7.11 Å². The molecule has 4 fully saturated rings. The second-order valence-electron chi connectivity index (χ2n) is 11.1. The Morgan fingerprint density at radius 2 is 1.76 bits per heavy atom. The summed E-state index contributed by atoms with van der Waals surface area (Å²) >= 11 is 0. The van der Waals surface area contributed by atoms with Crippen LogP contribution in [-0.2, 0) is 38.0 Å². The first-order valence-corrected chi connectivity index (χ1v) is 11.2. The van der Waals surface area contributed by atoms with E-state index < -0.39 is 70.7 Å². The van der Waals surface area contributed by atoms with E-state index in [0.717, 1.165) is 0 Å². The third kappa shape index (κ3) is 3.82. The number of esters is 1. The molecule has 0 radical (unpaired) electrons. The normalized spacial score (nSPS) is 43.2. The Labute approximate surface area is 193 Å². The van der Waals surface area contributed by atoms with E-state index in [0.29, 0.717) is 0 Å². The highest BCUT2D eigenvalue weighted by molar-refractivity contribution is 5.81. The standard InChI is InChI=1S/C22H35NO10/c1-18(2,3)32-17(26)23-22-11(9-27-8)13(29-16(25)12(22)24)21(10-28-19(4,5)33-21)14-15(22)31-20(6,7)30-14/h11-15,24H,9-10H2,1-8H3,(H,23,26)/t11?,12-,13?,14?,15?,21?,22?/m1/s1. The van der Waals surface area contributed by atoms with Crippen molar-refractivity contribution in [3.63, 3.8) is 0 Å². The summed E-state index contributed by atoms with van der Waals surface area (Å²) in [6, 6.07) is 0. The second-order valence-corrected chi connectivity index (χ2v) is 11.1. The number of aliphatic hydroxyl groups is 1. The summed E-state index contributed by atoms with van der Waals surface area (Å²) < 4.78 is 41.5. The topological polar surface area (TPSA) is 131 Å². The number of carbonyl (C=O) groups excluding carboxylic acids is 2. The Hall–Kier alpha value is -1.50.